The summed E-state index contributed by atoms with van der Waals surface area (Å²) in [5, 5.41) is 11.0. The molecule has 8 nitrogen and oxygen atoms in total. The third-order valence-corrected chi connectivity index (χ3v) is 2.54. The highest BCUT2D eigenvalue weighted by atomic mass is 16.6. The second-order valence-electron chi connectivity index (χ2n) is 3.78. The summed E-state index contributed by atoms with van der Waals surface area (Å²) in [7, 11) is 1.57. The van der Waals surface area contributed by atoms with E-state index >= 15 is 0 Å². The van der Waals surface area contributed by atoms with E-state index in [0.717, 1.165) is 0 Å². The van der Waals surface area contributed by atoms with E-state index in [1.54, 1.807) is 31.3 Å². The predicted octanol–water partition coefficient (Wildman–Crippen LogP) is 1.03. The molecule has 0 saturated carbocycles. The molecular formula is C11H11N5O3. The van der Waals surface area contributed by atoms with E-state index in [4.69, 9.17) is 5.73 Å². The molecule has 3 N–H and O–H groups in total. The molecular weight excluding hydrogens is 250 g/mol. The first kappa shape index (κ1) is 12.6. The zero-order valence-corrected chi connectivity index (χ0v) is 10.0. The van der Waals surface area contributed by atoms with Gasteiger partial charge in [-0.15, -0.1) is 0 Å². The van der Waals surface area contributed by atoms with Crippen molar-refractivity contribution in [3.8, 4) is 0 Å². The van der Waals surface area contributed by atoms with Gasteiger partial charge in [-0.25, -0.2) is 0 Å². The lowest BCUT2D eigenvalue weighted by molar-refractivity contribution is -0.385. The molecule has 0 saturated heterocycles. The van der Waals surface area contributed by atoms with Gasteiger partial charge >= 0.3 is 11.2 Å². The van der Waals surface area contributed by atoms with Crippen molar-refractivity contribution in [2.75, 3.05) is 17.7 Å². The number of hydrogen-bond donors (Lipinski definition) is 2. The monoisotopic (exact) mass is 261 g/mol. The van der Waals surface area contributed by atoms with Crippen molar-refractivity contribution in [2.45, 2.75) is 0 Å². The van der Waals surface area contributed by atoms with Crippen molar-refractivity contribution >= 4 is 23.1 Å². The number of nitro groups is 1. The van der Waals surface area contributed by atoms with Crippen molar-refractivity contribution in [1.82, 2.24) is 9.97 Å². The summed E-state index contributed by atoms with van der Waals surface area (Å²) in [5.74, 6) is -0.272. The quantitative estimate of drug-likeness (QED) is 0.629. The third kappa shape index (κ3) is 2.37. The van der Waals surface area contributed by atoms with E-state index in [2.05, 4.69) is 9.97 Å². The van der Waals surface area contributed by atoms with Gasteiger partial charge in [0.05, 0.1) is 4.92 Å². The third-order valence-electron chi connectivity index (χ3n) is 2.54. The molecule has 0 radical (unpaired) electrons. The normalized spacial score (nSPS) is 10.2. The summed E-state index contributed by atoms with van der Waals surface area (Å²) in [6, 6.07) is 8.83. The fraction of sp³-hybridized carbons (Fsp3) is 0.0909. The predicted molar refractivity (Wildman–Crippen MR) is 70.4 cm³/mol. The van der Waals surface area contributed by atoms with Crippen molar-refractivity contribution in [3.63, 3.8) is 0 Å². The van der Waals surface area contributed by atoms with Crippen LogP contribution in [0.2, 0.25) is 0 Å². The first-order valence-electron chi connectivity index (χ1n) is 5.33. The SMILES string of the molecule is CN(c1ccccc1)c1nc(N)[nH]c(=O)c1[N+](=O)[O-]. The van der Waals surface area contributed by atoms with Crippen LogP contribution in [-0.4, -0.2) is 21.9 Å². The fourth-order valence-corrected chi connectivity index (χ4v) is 1.64. The molecule has 0 aliphatic rings. The van der Waals surface area contributed by atoms with Crippen LogP contribution in [0.15, 0.2) is 35.1 Å². The lowest BCUT2D eigenvalue weighted by Gasteiger charge is -2.17. The zero-order chi connectivity index (χ0) is 14.0. The van der Waals surface area contributed by atoms with Crippen molar-refractivity contribution in [1.29, 1.82) is 0 Å². The van der Waals surface area contributed by atoms with Crippen molar-refractivity contribution < 1.29 is 4.92 Å². The first-order valence-corrected chi connectivity index (χ1v) is 5.33. The molecule has 0 fully saturated rings. The van der Waals surface area contributed by atoms with Crippen molar-refractivity contribution in [2.24, 2.45) is 0 Å². The molecule has 0 spiro atoms. The molecule has 1 heterocycles. The molecule has 2 aromatic rings. The van der Waals surface area contributed by atoms with Gasteiger partial charge in [-0.2, -0.15) is 4.98 Å². The van der Waals surface area contributed by atoms with E-state index in [-0.39, 0.29) is 11.8 Å². The van der Waals surface area contributed by atoms with E-state index in [9.17, 15) is 14.9 Å². The van der Waals surface area contributed by atoms with E-state index in [0.29, 0.717) is 5.69 Å². The number of anilines is 3. The van der Waals surface area contributed by atoms with E-state index in [1.807, 2.05) is 6.07 Å². The number of nitrogen functional groups attached to an aromatic ring is 1. The lowest BCUT2D eigenvalue weighted by atomic mass is 10.3. The summed E-state index contributed by atoms with van der Waals surface area (Å²) in [5.41, 5.74) is 4.57. The Hall–Kier alpha value is -2.90. The van der Waals surface area contributed by atoms with Gasteiger partial charge < -0.3 is 10.6 Å². The van der Waals surface area contributed by atoms with Crippen LogP contribution in [0.1, 0.15) is 0 Å². The number of nitrogens with two attached hydrogens (primary N) is 1. The first-order chi connectivity index (χ1) is 9.00. The number of rotatable bonds is 3. The molecule has 0 aliphatic carbocycles. The standard InChI is InChI=1S/C11H11N5O3/c1-15(7-5-3-2-4-6-7)9-8(16(18)19)10(17)14-11(12)13-9/h2-6H,1H3,(H3,12,13,14,17). The van der Waals surface area contributed by atoms with Crippen LogP contribution in [0.3, 0.4) is 0 Å². The molecule has 0 atom stereocenters. The van der Waals surface area contributed by atoms with Crippen LogP contribution in [0.25, 0.3) is 0 Å². The number of H-pyrrole nitrogens is 1. The van der Waals surface area contributed by atoms with Gasteiger partial charge in [-0.3, -0.25) is 19.9 Å². The van der Waals surface area contributed by atoms with Crippen LogP contribution in [0, 0.1) is 10.1 Å². The molecule has 1 aromatic heterocycles. The minimum Gasteiger partial charge on any atom is -0.369 e. The van der Waals surface area contributed by atoms with Crippen LogP contribution < -0.4 is 16.2 Å². The van der Waals surface area contributed by atoms with Crippen molar-refractivity contribution in [3.05, 3.63) is 50.8 Å². The van der Waals surface area contributed by atoms with E-state index in [1.165, 1.54) is 4.90 Å². The molecule has 0 aliphatic heterocycles. The topological polar surface area (TPSA) is 118 Å². The van der Waals surface area contributed by atoms with Gasteiger partial charge in [0, 0.05) is 12.7 Å². The Morgan fingerprint density at radius 2 is 2.00 bits per heavy atom. The number of nitrogens with one attached hydrogen (secondary N) is 1. The van der Waals surface area contributed by atoms with Gasteiger partial charge in [0.1, 0.15) is 0 Å². The number of para-hydroxylation sites is 1. The summed E-state index contributed by atoms with van der Waals surface area (Å²) in [6.07, 6.45) is 0. The molecule has 0 amide bonds. The summed E-state index contributed by atoms with van der Waals surface area (Å²) < 4.78 is 0. The summed E-state index contributed by atoms with van der Waals surface area (Å²) in [4.78, 5) is 29.2. The Morgan fingerprint density at radius 3 is 2.58 bits per heavy atom. The minimum absolute atomic E-state index is 0.0996. The second-order valence-corrected chi connectivity index (χ2v) is 3.78. The number of aromatic nitrogens is 2. The molecule has 19 heavy (non-hydrogen) atoms. The molecule has 1 aromatic carbocycles. The largest absolute Gasteiger partial charge is 0.376 e. The van der Waals surface area contributed by atoms with Gasteiger partial charge in [0.25, 0.3) is 0 Å². The Balaban J connectivity index is 2.62. The van der Waals surface area contributed by atoms with Crippen LogP contribution in [0.5, 0.6) is 0 Å². The number of nitrogens with zero attached hydrogens (tertiary/aromatic N) is 3. The highest BCUT2D eigenvalue weighted by Gasteiger charge is 2.25. The molecule has 0 unspecified atom stereocenters. The number of aromatic amines is 1. The summed E-state index contributed by atoms with van der Waals surface area (Å²) in [6.45, 7) is 0. The van der Waals surface area contributed by atoms with Gasteiger partial charge in [-0.05, 0) is 12.1 Å². The smallest absolute Gasteiger partial charge is 0.369 e. The average Bonchev–Trinajstić information content (AvgIpc) is 2.37. The van der Waals surface area contributed by atoms with Gasteiger partial charge in [0.15, 0.2) is 0 Å². The van der Waals surface area contributed by atoms with Crippen LogP contribution >= 0.6 is 0 Å². The summed E-state index contributed by atoms with van der Waals surface area (Å²) >= 11 is 0. The molecule has 2 rings (SSSR count). The average molecular weight is 261 g/mol. The highest BCUT2D eigenvalue weighted by molar-refractivity contribution is 5.67. The van der Waals surface area contributed by atoms with E-state index < -0.39 is 16.2 Å². The maximum atomic E-state index is 11.6. The Bertz CT molecular complexity index is 668. The lowest BCUT2D eigenvalue weighted by Crippen LogP contribution is -2.22. The second kappa shape index (κ2) is 4.77. The number of benzene rings is 1. The van der Waals surface area contributed by atoms with Gasteiger partial charge in [0.2, 0.25) is 11.8 Å². The molecule has 8 heteroatoms. The Labute approximate surface area is 107 Å². The highest BCUT2D eigenvalue weighted by Crippen LogP contribution is 2.27. The van der Waals surface area contributed by atoms with Crippen LogP contribution in [0.4, 0.5) is 23.1 Å². The molecule has 0 bridgehead atoms. The maximum absolute atomic E-state index is 11.6. The zero-order valence-electron chi connectivity index (χ0n) is 10.0. The maximum Gasteiger partial charge on any atom is 0.376 e. The van der Waals surface area contributed by atoms with Crippen LogP contribution in [-0.2, 0) is 0 Å². The molecule has 98 valence electrons. The van der Waals surface area contributed by atoms with Gasteiger partial charge in [-0.1, -0.05) is 18.2 Å². The minimum atomic E-state index is -0.879. The Morgan fingerprint density at radius 1 is 1.37 bits per heavy atom. The Kier molecular flexibility index (Phi) is 3.15. The number of hydrogen-bond acceptors (Lipinski definition) is 6. The fourth-order valence-electron chi connectivity index (χ4n) is 1.64.